The van der Waals surface area contributed by atoms with Crippen LogP contribution in [0.3, 0.4) is 0 Å². The van der Waals surface area contributed by atoms with Crippen LogP contribution < -0.4 is 5.32 Å². The molecule has 15 heavy (non-hydrogen) atoms. The molecule has 88 valence electrons. The fraction of sp³-hybridized carbons (Fsp3) is 0.667. The van der Waals surface area contributed by atoms with Gasteiger partial charge in [-0.1, -0.05) is 6.08 Å². The number of hydrogen-bond acceptors (Lipinski definition) is 4. The van der Waals surface area contributed by atoms with Crippen LogP contribution in [0.2, 0.25) is 0 Å². The van der Waals surface area contributed by atoms with Crippen molar-refractivity contribution in [1.29, 1.82) is 0 Å². The Hall–Kier alpha value is -0.880. The van der Waals surface area contributed by atoms with E-state index in [1.165, 1.54) is 20.1 Å². The van der Waals surface area contributed by atoms with Gasteiger partial charge in [0.05, 0.1) is 12.4 Å². The summed E-state index contributed by atoms with van der Waals surface area (Å²) in [7, 11) is -1.91. The predicted molar refractivity (Wildman–Crippen MR) is 58.3 cm³/mol. The van der Waals surface area contributed by atoms with Crippen molar-refractivity contribution >= 4 is 15.7 Å². The molecular formula is C9H17NO4S. The van der Waals surface area contributed by atoms with Crippen molar-refractivity contribution in [3.05, 3.63) is 12.7 Å². The van der Waals surface area contributed by atoms with Gasteiger partial charge in [-0.05, 0) is 6.92 Å². The number of methoxy groups -OCH3 is 1. The molecule has 1 N–H and O–H groups in total. The molecule has 0 aromatic rings. The minimum Gasteiger partial charge on any atom is -0.383 e. The molecule has 0 bridgehead atoms. The Morgan fingerprint density at radius 2 is 2.20 bits per heavy atom. The standard InChI is InChI=1S/C9H17NO4S/c1-4-7-15(12,13)8(2)9(11)10-5-6-14-3/h4,8H,1,5-7H2,2-3H3,(H,10,11). The highest BCUT2D eigenvalue weighted by molar-refractivity contribution is 7.92. The van der Waals surface area contributed by atoms with Gasteiger partial charge in [-0.15, -0.1) is 6.58 Å². The van der Waals surface area contributed by atoms with Crippen LogP contribution in [0.1, 0.15) is 6.92 Å². The third-order valence-corrected chi connectivity index (χ3v) is 3.86. The first-order valence-electron chi connectivity index (χ1n) is 4.54. The minimum absolute atomic E-state index is 0.189. The van der Waals surface area contributed by atoms with Gasteiger partial charge in [0.15, 0.2) is 9.84 Å². The molecule has 0 aliphatic heterocycles. The molecule has 0 spiro atoms. The lowest BCUT2D eigenvalue weighted by molar-refractivity contribution is -0.120. The highest BCUT2D eigenvalue weighted by Crippen LogP contribution is 2.02. The molecule has 1 amide bonds. The van der Waals surface area contributed by atoms with Crippen molar-refractivity contribution in [3.8, 4) is 0 Å². The van der Waals surface area contributed by atoms with Crippen molar-refractivity contribution in [3.63, 3.8) is 0 Å². The molecule has 0 fully saturated rings. The number of rotatable bonds is 7. The lowest BCUT2D eigenvalue weighted by atomic mass is 10.4. The quantitative estimate of drug-likeness (QED) is 0.487. The maximum Gasteiger partial charge on any atom is 0.238 e. The molecule has 0 saturated heterocycles. The Morgan fingerprint density at radius 1 is 1.60 bits per heavy atom. The fourth-order valence-corrected chi connectivity index (χ4v) is 1.92. The van der Waals surface area contributed by atoms with Gasteiger partial charge in [-0.3, -0.25) is 4.79 Å². The molecule has 0 heterocycles. The first-order valence-corrected chi connectivity index (χ1v) is 6.26. The van der Waals surface area contributed by atoms with Crippen LogP contribution in [0, 0.1) is 0 Å². The maximum absolute atomic E-state index is 11.4. The number of hydrogen-bond donors (Lipinski definition) is 1. The zero-order valence-corrected chi connectivity index (χ0v) is 9.84. The van der Waals surface area contributed by atoms with Crippen LogP contribution in [-0.2, 0) is 19.4 Å². The molecule has 1 unspecified atom stereocenters. The average molecular weight is 235 g/mol. The largest absolute Gasteiger partial charge is 0.383 e. The highest BCUT2D eigenvalue weighted by atomic mass is 32.2. The zero-order chi connectivity index (χ0) is 11.9. The molecule has 1 atom stereocenters. The number of carbonyl (C=O) groups is 1. The average Bonchev–Trinajstić information content (AvgIpc) is 2.16. The van der Waals surface area contributed by atoms with Gasteiger partial charge in [0.25, 0.3) is 0 Å². The Balaban J connectivity index is 4.25. The second-order valence-electron chi connectivity index (χ2n) is 3.04. The molecule has 0 radical (unpaired) electrons. The van der Waals surface area contributed by atoms with Crippen molar-refractivity contribution in [2.75, 3.05) is 26.0 Å². The topological polar surface area (TPSA) is 72.5 Å². The number of sulfone groups is 1. The molecule has 5 nitrogen and oxygen atoms in total. The fourth-order valence-electron chi connectivity index (χ4n) is 0.892. The third kappa shape index (κ3) is 4.94. The summed E-state index contributed by atoms with van der Waals surface area (Å²) in [5.41, 5.74) is 0. The molecule has 0 aromatic carbocycles. The summed E-state index contributed by atoms with van der Waals surface area (Å²) in [5.74, 6) is -0.694. The van der Waals surface area contributed by atoms with Gasteiger partial charge in [-0.25, -0.2) is 8.42 Å². The van der Waals surface area contributed by atoms with Gasteiger partial charge in [0.2, 0.25) is 5.91 Å². The highest BCUT2D eigenvalue weighted by Gasteiger charge is 2.26. The van der Waals surface area contributed by atoms with E-state index >= 15 is 0 Å². The lowest BCUT2D eigenvalue weighted by Crippen LogP contribution is -2.39. The van der Waals surface area contributed by atoms with E-state index in [9.17, 15) is 13.2 Å². The number of ether oxygens (including phenoxy) is 1. The van der Waals surface area contributed by atoms with E-state index < -0.39 is 21.0 Å². The second-order valence-corrected chi connectivity index (χ2v) is 5.41. The molecular weight excluding hydrogens is 218 g/mol. The van der Waals surface area contributed by atoms with Gasteiger partial charge < -0.3 is 10.1 Å². The van der Waals surface area contributed by atoms with Gasteiger partial charge in [0, 0.05) is 13.7 Å². The molecule has 0 saturated carbocycles. The van der Waals surface area contributed by atoms with Gasteiger partial charge in [0.1, 0.15) is 5.25 Å². The van der Waals surface area contributed by atoms with Crippen LogP contribution in [-0.4, -0.2) is 45.6 Å². The Kier molecular flexibility index (Phi) is 6.19. The summed E-state index contributed by atoms with van der Waals surface area (Å²) in [6.07, 6.45) is 1.27. The summed E-state index contributed by atoms with van der Waals surface area (Å²) < 4.78 is 27.6. The molecule has 0 aliphatic rings. The van der Waals surface area contributed by atoms with Gasteiger partial charge >= 0.3 is 0 Å². The van der Waals surface area contributed by atoms with Crippen molar-refractivity contribution in [2.24, 2.45) is 0 Å². The van der Waals surface area contributed by atoms with Crippen LogP contribution in [0.15, 0.2) is 12.7 Å². The second kappa shape index (κ2) is 6.58. The summed E-state index contributed by atoms with van der Waals surface area (Å²) in [6, 6.07) is 0. The van der Waals surface area contributed by atoms with Crippen molar-refractivity contribution < 1.29 is 17.9 Å². The van der Waals surface area contributed by atoms with Crippen LogP contribution >= 0.6 is 0 Å². The van der Waals surface area contributed by atoms with Crippen LogP contribution in [0.4, 0.5) is 0 Å². The first kappa shape index (κ1) is 14.1. The third-order valence-electron chi connectivity index (χ3n) is 1.86. The molecule has 0 aliphatic carbocycles. The van der Waals surface area contributed by atoms with Crippen LogP contribution in [0.25, 0.3) is 0 Å². The molecule has 0 rings (SSSR count). The Bertz CT molecular complexity index is 310. The molecule has 0 aromatic heterocycles. The minimum atomic E-state index is -3.42. The van der Waals surface area contributed by atoms with Crippen molar-refractivity contribution in [1.82, 2.24) is 5.32 Å². The van der Waals surface area contributed by atoms with E-state index in [0.29, 0.717) is 13.2 Å². The SMILES string of the molecule is C=CCS(=O)(=O)C(C)C(=O)NCCOC. The van der Waals surface area contributed by atoms with Crippen LogP contribution in [0.5, 0.6) is 0 Å². The maximum atomic E-state index is 11.4. The predicted octanol–water partition coefficient (Wildman–Crippen LogP) is -0.262. The smallest absolute Gasteiger partial charge is 0.238 e. The van der Waals surface area contributed by atoms with E-state index in [0.717, 1.165) is 0 Å². The van der Waals surface area contributed by atoms with Crippen molar-refractivity contribution in [2.45, 2.75) is 12.2 Å². The van der Waals surface area contributed by atoms with E-state index in [2.05, 4.69) is 11.9 Å². The number of carbonyl (C=O) groups excluding carboxylic acids is 1. The summed E-state index contributed by atoms with van der Waals surface area (Å²) in [6.45, 7) is 5.36. The van der Waals surface area contributed by atoms with E-state index in [-0.39, 0.29) is 5.75 Å². The monoisotopic (exact) mass is 235 g/mol. The lowest BCUT2D eigenvalue weighted by Gasteiger charge is -2.11. The number of nitrogens with one attached hydrogen (secondary N) is 1. The summed E-state index contributed by atoms with van der Waals surface area (Å²) in [5, 5.41) is 1.42. The van der Waals surface area contributed by atoms with Gasteiger partial charge in [-0.2, -0.15) is 0 Å². The zero-order valence-electron chi connectivity index (χ0n) is 9.02. The molecule has 6 heteroatoms. The number of amides is 1. The van der Waals surface area contributed by atoms with E-state index in [1.54, 1.807) is 0 Å². The summed E-state index contributed by atoms with van der Waals surface area (Å²) in [4.78, 5) is 11.4. The first-order chi connectivity index (χ1) is 6.95. The van der Waals surface area contributed by atoms with E-state index in [1.807, 2.05) is 0 Å². The summed E-state index contributed by atoms with van der Waals surface area (Å²) >= 11 is 0. The van der Waals surface area contributed by atoms with E-state index in [4.69, 9.17) is 4.74 Å². The normalized spacial score (nSPS) is 13.2. The Morgan fingerprint density at radius 3 is 2.67 bits per heavy atom. The Labute approximate surface area is 90.4 Å².